The fourth-order valence-electron chi connectivity index (χ4n) is 1.98. The molecule has 0 fully saturated rings. The maximum Gasteiger partial charge on any atom is 0.438 e. The molecule has 1 atom stereocenters. The predicted octanol–water partition coefficient (Wildman–Crippen LogP) is 3.77. The highest BCUT2D eigenvalue weighted by atomic mass is 35.5. The summed E-state index contributed by atoms with van der Waals surface area (Å²) >= 11 is 11.4. The summed E-state index contributed by atoms with van der Waals surface area (Å²) < 4.78 is 82.0. The lowest BCUT2D eigenvalue weighted by atomic mass is 10.1. The Morgan fingerprint density at radius 3 is 2.38 bits per heavy atom. The first-order valence-corrected chi connectivity index (χ1v) is 7.36. The molecule has 26 heavy (non-hydrogen) atoms. The van der Waals surface area contributed by atoms with Crippen molar-refractivity contribution in [2.45, 2.75) is 24.5 Å². The first-order chi connectivity index (χ1) is 11.8. The number of nitrogens with zero attached hydrogens (tertiary/aromatic N) is 2. The van der Waals surface area contributed by atoms with Gasteiger partial charge in [0.1, 0.15) is 11.5 Å². The van der Waals surface area contributed by atoms with Gasteiger partial charge in [0.05, 0.1) is 11.4 Å². The van der Waals surface area contributed by atoms with Crippen LogP contribution in [0.15, 0.2) is 23.3 Å². The molecule has 0 spiro atoms. The van der Waals surface area contributed by atoms with E-state index in [0.29, 0.717) is 0 Å². The van der Waals surface area contributed by atoms with Crippen LogP contribution in [0.3, 0.4) is 0 Å². The maximum atomic E-state index is 13.0. The third-order valence-corrected chi connectivity index (χ3v) is 3.78. The molecule has 1 amide bonds. The van der Waals surface area contributed by atoms with Gasteiger partial charge in [-0.1, -0.05) is 23.2 Å². The van der Waals surface area contributed by atoms with Gasteiger partial charge in [0.25, 0.3) is 11.6 Å². The van der Waals surface area contributed by atoms with Crippen LogP contribution in [0.4, 0.5) is 26.3 Å². The van der Waals surface area contributed by atoms with E-state index < -0.39 is 47.7 Å². The molecule has 0 saturated heterocycles. The normalized spacial score (nSPS) is 21.0. The standard InChI is InChI=1S/C13H8Cl2F6N2O3/c14-6-1-2-8(7(15)3-6)26-5-10(24)23-11(25,13(19,20)21)4-9(22-23)12(16,17)18/h1-3,25H,4-5H2/t11-/m0/s1. The molecule has 1 N–H and O–H groups in total. The van der Waals surface area contributed by atoms with Crippen molar-refractivity contribution in [3.8, 4) is 5.75 Å². The van der Waals surface area contributed by atoms with E-state index in [1.54, 1.807) is 0 Å². The van der Waals surface area contributed by atoms with Crippen LogP contribution in [0.5, 0.6) is 5.75 Å². The average molecular weight is 425 g/mol. The number of halogens is 8. The van der Waals surface area contributed by atoms with Gasteiger partial charge in [-0.15, -0.1) is 0 Å². The number of alkyl halides is 6. The summed E-state index contributed by atoms with van der Waals surface area (Å²) in [7, 11) is 0. The molecule has 5 nitrogen and oxygen atoms in total. The third kappa shape index (κ3) is 3.99. The Labute approximate surface area is 151 Å². The molecular weight excluding hydrogens is 417 g/mol. The molecule has 0 radical (unpaired) electrons. The number of carbonyl (C=O) groups is 1. The molecule has 0 saturated carbocycles. The quantitative estimate of drug-likeness (QED) is 0.751. The van der Waals surface area contributed by atoms with Crippen molar-refractivity contribution in [3.05, 3.63) is 28.2 Å². The molecule has 0 unspecified atom stereocenters. The first kappa shape index (κ1) is 20.6. The highest BCUT2D eigenvalue weighted by molar-refractivity contribution is 6.35. The van der Waals surface area contributed by atoms with Crippen molar-refractivity contribution in [1.29, 1.82) is 0 Å². The lowest BCUT2D eigenvalue weighted by Gasteiger charge is -2.32. The number of hydrazone groups is 1. The largest absolute Gasteiger partial charge is 0.482 e. The van der Waals surface area contributed by atoms with E-state index in [-0.39, 0.29) is 15.8 Å². The second-order valence-electron chi connectivity index (χ2n) is 5.10. The number of ether oxygens (including phenoxy) is 1. The number of carbonyl (C=O) groups excluding carboxylic acids is 1. The fraction of sp³-hybridized carbons (Fsp3) is 0.385. The van der Waals surface area contributed by atoms with Gasteiger partial charge in [-0.3, -0.25) is 4.79 Å². The zero-order valence-electron chi connectivity index (χ0n) is 12.3. The average Bonchev–Trinajstić information content (AvgIpc) is 2.85. The van der Waals surface area contributed by atoms with Crippen molar-refractivity contribution in [1.82, 2.24) is 5.01 Å². The fourth-order valence-corrected chi connectivity index (χ4v) is 2.44. The highest BCUT2D eigenvalue weighted by Crippen LogP contribution is 2.43. The number of amides is 1. The minimum absolute atomic E-state index is 0.0858. The molecule has 144 valence electrons. The van der Waals surface area contributed by atoms with Gasteiger partial charge in [-0.05, 0) is 18.2 Å². The Bertz CT molecular complexity index is 752. The van der Waals surface area contributed by atoms with Crippen molar-refractivity contribution in [3.63, 3.8) is 0 Å². The lowest BCUT2D eigenvalue weighted by molar-refractivity contribution is -0.302. The van der Waals surface area contributed by atoms with E-state index >= 15 is 0 Å². The molecule has 1 aromatic carbocycles. The van der Waals surface area contributed by atoms with Crippen LogP contribution in [0.2, 0.25) is 10.0 Å². The maximum absolute atomic E-state index is 13.0. The van der Waals surface area contributed by atoms with Crippen molar-refractivity contribution in [2.24, 2.45) is 5.10 Å². The monoisotopic (exact) mass is 424 g/mol. The molecular formula is C13H8Cl2F6N2O3. The Morgan fingerprint density at radius 1 is 1.27 bits per heavy atom. The van der Waals surface area contributed by atoms with Crippen LogP contribution in [0.25, 0.3) is 0 Å². The lowest BCUT2D eigenvalue weighted by Crippen LogP contribution is -2.57. The zero-order valence-corrected chi connectivity index (χ0v) is 13.8. The van der Waals surface area contributed by atoms with Crippen LogP contribution in [0.1, 0.15) is 6.42 Å². The Balaban J connectivity index is 2.24. The summed E-state index contributed by atoms with van der Waals surface area (Å²) in [5.41, 5.74) is -6.09. The van der Waals surface area contributed by atoms with Crippen molar-refractivity contribution in [2.75, 3.05) is 6.61 Å². The zero-order chi connectivity index (χ0) is 19.9. The van der Waals surface area contributed by atoms with Gasteiger partial charge in [0, 0.05) is 5.02 Å². The number of hydrogen-bond acceptors (Lipinski definition) is 4. The summed E-state index contributed by atoms with van der Waals surface area (Å²) in [5, 5.41) is 11.7. The molecule has 1 aliphatic heterocycles. The molecule has 1 heterocycles. The van der Waals surface area contributed by atoms with E-state index in [0.717, 1.165) is 0 Å². The SMILES string of the molecule is O=C(COc1ccc(Cl)cc1Cl)N1N=C(C(F)(F)F)C[C@]1(O)C(F)(F)F. The van der Waals surface area contributed by atoms with Gasteiger partial charge in [-0.2, -0.15) is 36.5 Å². The molecule has 13 heteroatoms. The van der Waals surface area contributed by atoms with E-state index in [9.17, 15) is 36.2 Å². The molecule has 1 aliphatic rings. The number of benzene rings is 1. The summed E-state index contributed by atoms with van der Waals surface area (Å²) in [5.74, 6) is -1.81. The second-order valence-corrected chi connectivity index (χ2v) is 5.95. The Hall–Kier alpha value is -1.72. The topological polar surface area (TPSA) is 62.1 Å². The van der Waals surface area contributed by atoms with E-state index in [2.05, 4.69) is 5.10 Å². The number of hydrogen-bond donors (Lipinski definition) is 1. The second kappa shape index (κ2) is 6.78. The van der Waals surface area contributed by atoms with E-state index in [1.807, 2.05) is 0 Å². The van der Waals surface area contributed by atoms with Gasteiger partial charge in [0.2, 0.25) is 0 Å². The minimum Gasteiger partial charge on any atom is -0.482 e. The van der Waals surface area contributed by atoms with Gasteiger partial charge in [-0.25, -0.2) is 0 Å². The predicted molar refractivity (Wildman–Crippen MR) is 77.9 cm³/mol. The molecule has 2 rings (SSSR count). The molecule has 0 aliphatic carbocycles. The van der Waals surface area contributed by atoms with Crippen LogP contribution in [-0.4, -0.2) is 46.4 Å². The number of aliphatic hydroxyl groups is 1. The van der Waals surface area contributed by atoms with Crippen molar-refractivity contribution >= 4 is 34.8 Å². The van der Waals surface area contributed by atoms with Crippen LogP contribution >= 0.6 is 23.2 Å². The molecule has 1 aromatic rings. The van der Waals surface area contributed by atoms with Gasteiger partial charge in [0.15, 0.2) is 6.61 Å². The Kier molecular flexibility index (Phi) is 5.37. The van der Waals surface area contributed by atoms with Gasteiger partial charge < -0.3 is 9.84 Å². The highest BCUT2D eigenvalue weighted by Gasteiger charge is 2.66. The summed E-state index contributed by atoms with van der Waals surface area (Å²) in [4.78, 5) is 11.9. The summed E-state index contributed by atoms with van der Waals surface area (Å²) in [6.45, 7) is -1.16. The van der Waals surface area contributed by atoms with Crippen LogP contribution in [-0.2, 0) is 4.79 Å². The molecule has 0 aromatic heterocycles. The van der Waals surface area contributed by atoms with Gasteiger partial charge >= 0.3 is 12.4 Å². The van der Waals surface area contributed by atoms with E-state index in [1.165, 1.54) is 18.2 Å². The Morgan fingerprint density at radius 2 is 1.88 bits per heavy atom. The van der Waals surface area contributed by atoms with Crippen LogP contribution < -0.4 is 4.74 Å². The first-order valence-electron chi connectivity index (χ1n) is 6.60. The third-order valence-electron chi connectivity index (χ3n) is 3.25. The van der Waals surface area contributed by atoms with Crippen LogP contribution in [0, 0.1) is 0 Å². The summed E-state index contributed by atoms with van der Waals surface area (Å²) in [6.07, 6.45) is -12.8. The number of rotatable bonds is 3. The smallest absolute Gasteiger partial charge is 0.438 e. The summed E-state index contributed by atoms with van der Waals surface area (Å²) in [6, 6.07) is 3.71. The van der Waals surface area contributed by atoms with E-state index in [4.69, 9.17) is 27.9 Å². The van der Waals surface area contributed by atoms with Crippen molar-refractivity contribution < 1.29 is 41.0 Å². The minimum atomic E-state index is -5.59. The molecule has 0 bridgehead atoms.